The lowest BCUT2D eigenvalue weighted by atomic mass is 9.93. The molecular formula is C16H16N2O. The van der Waals surface area contributed by atoms with Crippen molar-refractivity contribution >= 4 is 0 Å². The number of para-hydroxylation sites is 1. The van der Waals surface area contributed by atoms with Crippen LogP contribution in [0.3, 0.4) is 0 Å². The highest BCUT2D eigenvalue weighted by molar-refractivity contribution is 5.39. The Bertz CT molecular complexity index is 560. The predicted molar refractivity (Wildman–Crippen MR) is 73.9 cm³/mol. The van der Waals surface area contributed by atoms with Gasteiger partial charge in [0.05, 0.1) is 19.1 Å². The topological polar surface area (TPSA) is 45.9 Å². The first-order chi connectivity index (χ1) is 9.35. The van der Waals surface area contributed by atoms with E-state index in [1.165, 1.54) is 5.56 Å². The smallest absolute Gasteiger partial charge is 0.123 e. The van der Waals surface area contributed by atoms with E-state index in [9.17, 15) is 5.26 Å². The van der Waals surface area contributed by atoms with E-state index in [4.69, 9.17) is 4.74 Å². The second-order valence-electron chi connectivity index (χ2n) is 4.32. The van der Waals surface area contributed by atoms with E-state index < -0.39 is 0 Å². The van der Waals surface area contributed by atoms with Gasteiger partial charge in [0.1, 0.15) is 5.75 Å². The first-order valence-electron chi connectivity index (χ1n) is 6.26. The van der Waals surface area contributed by atoms with E-state index in [2.05, 4.69) is 11.1 Å². The number of pyridine rings is 1. The highest BCUT2D eigenvalue weighted by Crippen LogP contribution is 2.29. The van der Waals surface area contributed by atoms with Gasteiger partial charge in [0.2, 0.25) is 0 Å². The molecule has 0 bridgehead atoms. The number of ether oxygens (including phenoxy) is 1. The standard InChI is InChI=1S/C16H16N2O/c1-19-16-5-3-2-4-15(16)14(12-17)7-6-13-8-10-18-11-9-13/h2-5,8-11,14H,6-7H2,1H3. The van der Waals surface area contributed by atoms with Crippen molar-refractivity contribution < 1.29 is 4.74 Å². The minimum atomic E-state index is -0.149. The molecule has 3 heteroatoms. The predicted octanol–water partition coefficient (Wildman–Crippen LogP) is 3.33. The average Bonchev–Trinajstić information content (AvgIpc) is 2.49. The van der Waals surface area contributed by atoms with Crippen LogP contribution in [0.15, 0.2) is 48.8 Å². The summed E-state index contributed by atoms with van der Waals surface area (Å²) in [6, 6.07) is 14.0. The molecule has 0 saturated carbocycles. The van der Waals surface area contributed by atoms with E-state index in [1.807, 2.05) is 36.4 Å². The molecule has 2 rings (SSSR count). The third-order valence-corrected chi connectivity index (χ3v) is 3.14. The second kappa shape index (κ2) is 6.55. The zero-order valence-corrected chi connectivity index (χ0v) is 10.9. The van der Waals surface area contributed by atoms with Gasteiger partial charge in [0, 0.05) is 18.0 Å². The Labute approximate surface area is 113 Å². The fraction of sp³-hybridized carbons (Fsp3) is 0.250. The molecule has 1 atom stereocenters. The number of aryl methyl sites for hydroxylation is 1. The molecule has 1 aromatic carbocycles. The lowest BCUT2D eigenvalue weighted by Gasteiger charge is -2.13. The van der Waals surface area contributed by atoms with Crippen LogP contribution < -0.4 is 4.74 Å². The molecule has 0 fully saturated rings. The van der Waals surface area contributed by atoms with Crippen LogP contribution in [0.25, 0.3) is 0 Å². The minimum Gasteiger partial charge on any atom is -0.496 e. The van der Waals surface area contributed by atoms with Gasteiger partial charge >= 0.3 is 0 Å². The average molecular weight is 252 g/mol. The number of nitrogens with zero attached hydrogens (tertiary/aromatic N) is 2. The van der Waals surface area contributed by atoms with Gasteiger partial charge in [-0.3, -0.25) is 4.98 Å². The minimum absolute atomic E-state index is 0.149. The molecular weight excluding hydrogens is 236 g/mol. The van der Waals surface area contributed by atoms with Crippen molar-refractivity contribution in [3.05, 3.63) is 59.9 Å². The Balaban J connectivity index is 2.11. The van der Waals surface area contributed by atoms with Gasteiger partial charge in [-0.25, -0.2) is 0 Å². The van der Waals surface area contributed by atoms with Gasteiger partial charge in [-0.1, -0.05) is 18.2 Å². The van der Waals surface area contributed by atoms with E-state index in [0.29, 0.717) is 0 Å². The fourth-order valence-corrected chi connectivity index (χ4v) is 2.10. The highest BCUT2D eigenvalue weighted by atomic mass is 16.5. The van der Waals surface area contributed by atoms with Gasteiger partial charge in [0.25, 0.3) is 0 Å². The molecule has 19 heavy (non-hydrogen) atoms. The molecule has 0 saturated heterocycles. The van der Waals surface area contributed by atoms with Gasteiger partial charge in [0.15, 0.2) is 0 Å². The quantitative estimate of drug-likeness (QED) is 0.820. The Morgan fingerprint density at radius 3 is 2.63 bits per heavy atom. The van der Waals surface area contributed by atoms with Crippen LogP contribution in [0.1, 0.15) is 23.5 Å². The number of aromatic nitrogens is 1. The van der Waals surface area contributed by atoms with Crippen LogP contribution in [0.5, 0.6) is 5.75 Å². The maximum Gasteiger partial charge on any atom is 0.123 e. The monoisotopic (exact) mass is 252 g/mol. The largest absolute Gasteiger partial charge is 0.496 e. The SMILES string of the molecule is COc1ccccc1C(C#N)CCc1ccncc1. The molecule has 0 amide bonds. The first-order valence-corrected chi connectivity index (χ1v) is 6.26. The van der Waals surface area contributed by atoms with E-state index in [1.54, 1.807) is 19.5 Å². The van der Waals surface area contributed by atoms with Gasteiger partial charge in [-0.05, 0) is 36.6 Å². The summed E-state index contributed by atoms with van der Waals surface area (Å²) < 4.78 is 5.32. The lowest BCUT2D eigenvalue weighted by Crippen LogP contribution is -2.01. The molecule has 0 N–H and O–H groups in total. The summed E-state index contributed by atoms with van der Waals surface area (Å²) in [7, 11) is 1.64. The number of hydrogen-bond donors (Lipinski definition) is 0. The van der Waals surface area contributed by atoms with Crippen molar-refractivity contribution in [1.82, 2.24) is 4.98 Å². The molecule has 3 nitrogen and oxygen atoms in total. The summed E-state index contributed by atoms with van der Waals surface area (Å²) in [6.45, 7) is 0. The molecule has 1 heterocycles. The molecule has 0 aliphatic carbocycles. The molecule has 1 unspecified atom stereocenters. The normalized spacial score (nSPS) is 11.6. The highest BCUT2D eigenvalue weighted by Gasteiger charge is 2.15. The fourth-order valence-electron chi connectivity index (χ4n) is 2.10. The van der Waals surface area contributed by atoms with Crippen LogP contribution in [-0.2, 0) is 6.42 Å². The zero-order chi connectivity index (χ0) is 13.5. The van der Waals surface area contributed by atoms with Crippen LogP contribution in [-0.4, -0.2) is 12.1 Å². The summed E-state index contributed by atoms with van der Waals surface area (Å²) in [4.78, 5) is 3.99. The second-order valence-corrected chi connectivity index (χ2v) is 4.32. The number of benzene rings is 1. The number of methoxy groups -OCH3 is 1. The Morgan fingerprint density at radius 2 is 1.95 bits per heavy atom. The van der Waals surface area contributed by atoms with Crippen molar-refractivity contribution in [2.75, 3.05) is 7.11 Å². The molecule has 0 spiro atoms. The van der Waals surface area contributed by atoms with Crippen molar-refractivity contribution in [1.29, 1.82) is 5.26 Å². The van der Waals surface area contributed by atoms with Gasteiger partial charge in [-0.15, -0.1) is 0 Å². The Kier molecular flexibility index (Phi) is 4.52. The van der Waals surface area contributed by atoms with E-state index in [0.717, 1.165) is 24.2 Å². The van der Waals surface area contributed by atoms with Gasteiger partial charge < -0.3 is 4.74 Å². The van der Waals surface area contributed by atoms with Crippen molar-refractivity contribution in [2.24, 2.45) is 0 Å². The van der Waals surface area contributed by atoms with Crippen LogP contribution in [0.4, 0.5) is 0 Å². The summed E-state index contributed by atoms with van der Waals surface area (Å²) in [5.74, 6) is 0.632. The van der Waals surface area contributed by atoms with Crippen molar-refractivity contribution in [3.63, 3.8) is 0 Å². The molecule has 0 aliphatic rings. The number of nitriles is 1. The summed E-state index contributed by atoms with van der Waals surface area (Å²) in [5, 5.41) is 9.36. The van der Waals surface area contributed by atoms with Crippen LogP contribution >= 0.6 is 0 Å². The Morgan fingerprint density at radius 1 is 1.21 bits per heavy atom. The molecule has 1 aromatic heterocycles. The molecule has 96 valence electrons. The van der Waals surface area contributed by atoms with Crippen LogP contribution in [0.2, 0.25) is 0 Å². The Hall–Kier alpha value is -2.34. The first kappa shape index (κ1) is 13.1. The number of hydrogen-bond acceptors (Lipinski definition) is 3. The third kappa shape index (κ3) is 3.32. The van der Waals surface area contributed by atoms with Gasteiger partial charge in [-0.2, -0.15) is 5.26 Å². The van der Waals surface area contributed by atoms with Crippen LogP contribution in [0, 0.1) is 11.3 Å². The zero-order valence-electron chi connectivity index (χ0n) is 10.9. The maximum atomic E-state index is 9.36. The van der Waals surface area contributed by atoms with E-state index >= 15 is 0 Å². The summed E-state index contributed by atoms with van der Waals surface area (Å²) in [6.07, 6.45) is 5.19. The van der Waals surface area contributed by atoms with E-state index in [-0.39, 0.29) is 5.92 Å². The summed E-state index contributed by atoms with van der Waals surface area (Å²) in [5.41, 5.74) is 2.16. The third-order valence-electron chi connectivity index (χ3n) is 3.14. The van der Waals surface area contributed by atoms with Crippen molar-refractivity contribution in [3.8, 4) is 11.8 Å². The van der Waals surface area contributed by atoms with Crippen molar-refractivity contribution in [2.45, 2.75) is 18.8 Å². The lowest BCUT2D eigenvalue weighted by molar-refractivity contribution is 0.407. The summed E-state index contributed by atoms with van der Waals surface area (Å²) >= 11 is 0. The molecule has 0 aliphatic heterocycles. The molecule has 0 radical (unpaired) electrons. The number of rotatable bonds is 5. The molecule has 2 aromatic rings. The maximum absolute atomic E-state index is 9.36.